The fourth-order valence-corrected chi connectivity index (χ4v) is 4.41. The molecular weight excluding hydrogens is 339 g/mol. The van der Waals surface area contributed by atoms with E-state index in [1.807, 2.05) is 0 Å². The third-order valence-corrected chi connectivity index (χ3v) is 6.16. The number of carboxylic acid groups (broad SMARTS) is 1. The zero-order valence-corrected chi connectivity index (χ0v) is 14.4. The van der Waals surface area contributed by atoms with Crippen molar-refractivity contribution in [2.75, 3.05) is 26.2 Å². The smallest absolute Gasteiger partial charge is 0.313 e. The molecule has 1 aromatic carbocycles. The van der Waals surface area contributed by atoms with Crippen LogP contribution in [0.2, 0.25) is 0 Å². The Morgan fingerprint density at radius 3 is 2.38 bits per heavy atom. The molecule has 2 aliphatic heterocycles. The number of hydrogen-bond donors (Lipinski definition) is 1. The van der Waals surface area contributed by atoms with Gasteiger partial charge in [0.25, 0.3) is 5.91 Å². The largest absolute Gasteiger partial charge is 0.481 e. The predicted molar refractivity (Wildman–Crippen MR) is 89.8 cm³/mol. The van der Waals surface area contributed by atoms with Crippen molar-refractivity contribution in [1.82, 2.24) is 9.80 Å². The summed E-state index contributed by atoms with van der Waals surface area (Å²) in [6.45, 7) is 0.844. The van der Waals surface area contributed by atoms with Gasteiger partial charge >= 0.3 is 5.97 Å². The van der Waals surface area contributed by atoms with E-state index < -0.39 is 17.2 Å². The number of halogens is 1. The molecule has 0 bridgehead atoms. The normalized spacial score (nSPS) is 28.0. The molecule has 2 saturated heterocycles. The van der Waals surface area contributed by atoms with Crippen LogP contribution in [-0.2, 0) is 9.59 Å². The van der Waals surface area contributed by atoms with Crippen LogP contribution in [0.15, 0.2) is 24.3 Å². The van der Waals surface area contributed by atoms with E-state index in [0.717, 1.165) is 25.3 Å². The summed E-state index contributed by atoms with van der Waals surface area (Å²) in [6, 6.07) is 5.42. The average molecular weight is 360 g/mol. The van der Waals surface area contributed by atoms with Crippen molar-refractivity contribution in [2.45, 2.75) is 19.3 Å². The van der Waals surface area contributed by atoms with E-state index in [-0.39, 0.29) is 48.8 Å². The van der Waals surface area contributed by atoms with Gasteiger partial charge in [-0.2, -0.15) is 0 Å². The molecular formula is C19H21FN2O4. The lowest BCUT2D eigenvalue weighted by Crippen LogP contribution is -2.44. The third kappa shape index (κ3) is 2.57. The molecule has 2 heterocycles. The standard InChI is InChI=1S/C19H21FN2O4/c20-15-6-2-5-13(7-15)17(24)22-9-14-8-21(16(23)12-3-1-4-12)10-19(14,11-22)18(25)26/h2,5-7,12,14H,1,3-4,8-11H2,(H,25,26)/t14-,19-/m0/s1. The van der Waals surface area contributed by atoms with E-state index in [1.165, 1.54) is 23.1 Å². The molecule has 3 fully saturated rings. The van der Waals surface area contributed by atoms with Gasteiger partial charge in [-0.05, 0) is 31.0 Å². The van der Waals surface area contributed by atoms with Gasteiger partial charge in [0.2, 0.25) is 5.91 Å². The lowest BCUT2D eigenvalue weighted by molar-refractivity contribution is -0.149. The lowest BCUT2D eigenvalue weighted by Gasteiger charge is -2.31. The highest BCUT2D eigenvalue weighted by Gasteiger charge is 2.59. The van der Waals surface area contributed by atoms with Crippen LogP contribution < -0.4 is 0 Å². The van der Waals surface area contributed by atoms with E-state index in [2.05, 4.69) is 0 Å². The summed E-state index contributed by atoms with van der Waals surface area (Å²) in [5.74, 6) is -2.04. The molecule has 0 aromatic heterocycles. The van der Waals surface area contributed by atoms with Crippen molar-refractivity contribution >= 4 is 17.8 Å². The first-order valence-electron chi connectivity index (χ1n) is 8.98. The zero-order valence-electron chi connectivity index (χ0n) is 14.4. The second kappa shape index (κ2) is 6.07. The number of carbonyl (C=O) groups is 3. The summed E-state index contributed by atoms with van der Waals surface area (Å²) in [5.41, 5.74) is -0.907. The van der Waals surface area contributed by atoms with Crippen molar-refractivity contribution < 1.29 is 23.9 Å². The molecule has 7 heteroatoms. The Kier molecular flexibility index (Phi) is 3.97. The maximum Gasteiger partial charge on any atom is 0.313 e. The van der Waals surface area contributed by atoms with Gasteiger partial charge in [0.05, 0.1) is 0 Å². The van der Waals surface area contributed by atoms with E-state index in [9.17, 15) is 23.9 Å². The summed E-state index contributed by atoms with van der Waals surface area (Å²) in [7, 11) is 0. The molecule has 0 unspecified atom stereocenters. The van der Waals surface area contributed by atoms with E-state index in [4.69, 9.17) is 0 Å². The number of carboxylic acids is 1. The summed E-state index contributed by atoms with van der Waals surface area (Å²) in [6.07, 6.45) is 2.81. The maximum atomic E-state index is 13.4. The maximum absolute atomic E-state index is 13.4. The van der Waals surface area contributed by atoms with Gasteiger partial charge < -0.3 is 14.9 Å². The van der Waals surface area contributed by atoms with Crippen molar-refractivity contribution in [3.05, 3.63) is 35.6 Å². The van der Waals surface area contributed by atoms with Crippen LogP contribution in [0.4, 0.5) is 4.39 Å². The van der Waals surface area contributed by atoms with E-state index in [1.54, 1.807) is 4.90 Å². The molecule has 0 spiro atoms. The molecule has 0 radical (unpaired) electrons. The number of carbonyl (C=O) groups excluding carboxylic acids is 2. The van der Waals surface area contributed by atoms with Gasteiger partial charge in [-0.15, -0.1) is 0 Å². The monoisotopic (exact) mass is 360 g/mol. The molecule has 1 N–H and O–H groups in total. The van der Waals surface area contributed by atoms with Gasteiger partial charge in [-0.25, -0.2) is 4.39 Å². The Morgan fingerprint density at radius 2 is 1.81 bits per heavy atom. The SMILES string of the molecule is O=C(c1cccc(F)c1)N1C[C@@H]2CN(C(=O)C3CCC3)C[C@]2(C(=O)O)C1. The molecule has 138 valence electrons. The van der Waals surface area contributed by atoms with Gasteiger partial charge in [-0.3, -0.25) is 14.4 Å². The average Bonchev–Trinajstić information content (AvgIpc) is 3.07. The topological polar surface area (TPSA) is 77.9 Å². The van der Waals surface area contributed by atoms with Crippen LogP contribution in [-0.4, -0.2) is 58.9 Å². The Labute approximate surface area is 150 Å². The van der Waals surface area contributed by atoms with Crippen molar-refractivity contribution in [2.24, 2.45) is 17.3 Å². The first kappa shape index (κ1) is 17.0. The highest BCUT2D eigenvalue weighted by Crippen LogP contribution is 2.44. The lowest BCUT2D eigenvalue weighted by atomic mass is 9.81. The minimum Gasteiger partial charge on any atom is -0.481 e. The second-order valence-corrected chi connectivity index (χ2v) is 7.70. The Morgan fingerprint density at radius 1 is 1.12 bits per heavy atom. The zero-order chi connectivity index (χ0) is 18.5. The number of aliphatic carboxylic acids is 1. The van der Waals surface area contributed by atoms with Gasteiger partial charge in [-0.1, -0.05) is 12.5 Å². The Bertz CT molecular complexity index is 779. The van der Waals surface area contributed by atoms with Gasteiger partial charge in [0.15, 0.2) is 0 Å². The van der Waals surface area contributed by atoms with Crippen LogP contribution in [0, 0.1) is 23.1 Å². The van der Waals surface area contributed by atoms with Gasteiger partial charge in [0.1, 0.15) is 11.2 Å². The number of amides is 2. The minimum atomic E-state index is -1.12. The van der Waals surface area contributed by atoms with Crippen LogP contribution in [0.5, 0.6) is 0 Å². The van der Waals surface area contributed by atoms with Crippen LogP contribution >= 0.6 is 0 Å². The number of nitrogens with zero attached hydrogens (tertiary/aromatic N) is 2. The molecule has 3 aliphatic rings. The Hall–Kier alpha value is -2.44. The number of hydrogen-bond acceptors (Lipinski definition) is 3. The number of fused-ring (bicyclic) bond motifs is 1. The molecule has 2 amide bonds. The minimum absolute atomic E-state index is 0.0321. The molecule has 1 aliphatic carbocycles. The Balaban J connectivity index is 1.52. The van der Waals surface area contributed by atoms with E-state index >= 15 is 0 Å². The van der Waals surface area contributed by atoms with Crippen molar-refractivity contribution in [3.8, 4) is 0 Å². The summed E-state index contributed by atoms with van der Waals surface area (Å²) >= 11 is 0. The van der Waals surface area contributed by atoms with Crippen LogP contribution in [0.1, 0.15) is 29.6 Å². The highest BCUT2D eigenvalue weighted by molar-refractivity contribution is 5.95. The summed E-state index contributed by atoms with van der Waals surface area (Å²) in [5, 5.41) is 9.86. The van der Waals surface area contributed by atoms with Crippen LogP contribution in [0.3, 0.4) is 0 Å². The molecule has 26 heavy (non-hydrogen) atoms. The molecule has 4 rings (SSSR count). The van der Waals surface area contributed by atoms with E-state index in [0.29, 0.717) is 6.54 Å². The van der Waals surface area contributed by atoms with Crippen LogP contribution in [0.25, 0.3) is 0 Å². The first-order chi connectivity index (χ1) is 12.4. The number of likely N-dealkylation sites (tertiary alicyclic amines) is 2. The molecule has 6 nitrogen and oxygen atoms in total. The predicted octanol–water partition coefficient (Wildman–Crippen LogP) is 1.61. The van der Waals surface area contributed by atoms with Gasteiger partial charge in [0, 0.05) is 43.6 Å². The molecule has 2 atom stereocenters. The quantitative estimate of drug-likeness (QED) is 0.888. The first-order valence-corrected chi connectivity index (χ1v) is 8.98. The fourth-order valence-electron chi connectivity index (χ4n) is 4.41. The number of rotatable bonds is 3. The third-order valence-electron chi connectivity index (χ3n) is 6.16. The van der Waals surface area contributed by atoms with Crippen molar-refractivity contribution in [3.63, 3.8) is 0 Å². The fraction of sp³-hybridized carbons (Fsp3) is 0.526. The summed E-state index contributed by atoms with van der Waals surface area (Å²) in [4.78, 5) is 40.4. The van der Waals surface area contributed by atoms with Crippen molar-refractivity contribution in [1.29, 1.82) is 0 Å². The number of benzene rings is 1. The summed E-state index contributed by atoms with van der Waals surface area (Å²) < 4.78 is 13.4. The second-order valence-electron chi connectivity index (χ2n) is 7.70. The molecule has 1 aromatic rings. The highest BCUT2D eigenvalue weighted by atomic mass is 19.1. The molecule has 1 saturated carbocycles.